The van der Waals surface area contributed by atoms with Gasteiger partial charge >= 0.3 is 0 Å². The van der Waals surface area contributed by atoms with E-state index in [1.165, 1.54) is 7.11 Å². The number of hydrogen-bond acceptors (Lipinski definition) is 5. The lowest BCUT2D eigenvalue weighted by Gasteiger charge is -2.19. The molecule has 1 atom stereocenters. The minimum Gasteiger partial charge on any atom is -0.480 e. The van der Waals surface area contributed by atoms with Gasteiger partial charge in [0.25, 0.3) is 0 Å². The molecule has 0 spiro atoms. The van der Waals surface area contributed by atoms with Gasteiger partial charge in [-0.15, -0.1) is 0 Å². The zero-order valence-corrected chi connectivity index (χ0v) is 9.58. The molecule has 0 aromatic carbocycles. The largest absolute Gasteiger partial charge is 0.480 e. The van der Waals surface area contributed by atoms with Crippen LogP contribution in [0.3, 0.4) is 0 Å². The fourth-order valence-corrected chi connectivity index (χ4v) is 1.19. The Morgan fingerprint density at radius 2 is 2.36 bits per heavy atom. The van der Waals surface area contributed by atoms with E-state index in [1.807, 2.05) is 0 Å². The van der Waals surface area contributed by atoms with Crippen molar-refractivity contribution in [3.05, 3.63) is 16.5 Å². The highest BCUT2D eigenvalue weighted by Gasteiger charge is 2.24. The average molecular weight is 262 g/mol. The highest BCUT2D eigenvalue weighted by molar-refractivity contribution is 9.10. The van der Waals surface area contributed by atoms with Crippen LogP contribution in [0.1, 0.15) is 12.7 Å². The number of ether oxygens (including phenoxy) is 1. The van der Waals surface area contributed by atoms with Gasteiger partial charge in [0.15, 0.2) is 5.82 Å². The summed E-state index contributed by atoms with van der Waals surface area (Å²) in [4.78, 5) is 8.07. The second-order valence-corrected chi connectivity index (χ2v) is 3.98. The molecule has 1 rings (SSSR count). The molecule has 14 heavy (non-hydrogen) atoms. The zero-order valence-electron chi connectivity index (χ0n) is 7.99. The monoisotopic (exact) mass is 261 g/mol. The molecule has 78 valence electrons. The molecule has 0 bridgehead atoms. The minimum absolute atomic E-state index is 0.224. The molecule has 1 aromatic heterocycles. The van der Waals surface area contributed by atoms with E-state index in [9.17, 15) is 0 Å². The molecule has 0 saturated carbocycles. The van der Waals surface area contributed by atoms with Crippen molar-refractivity contribution in [3.8, 4) is 5.88 Å². The maximum absolute atomic E-state index is 9.02. The maximum Gasteiger partial charge on any atom is 0.231 e. The standard InChI is InChI=1S/C8H12BrN3O2/c1-8(10,4-13)7-11-3-5(9)6(12-7)14-2/h3,13H,4,10H2,1-2H3. The molecular formula is C8H12BrN3O2. The van der Waals surface area contributed by atoms with Crippen LogP contribution in [0.2, 0.25) is 0 Å². The SMILES string of the molecule is COc1nc(C(C)(N)CO)ncc1Br. The quantitative estimate of drug-likeness (QED) is 0.824. The summed E-state index contributed by atoms with van der Waals surface area (Å²) in [7, 11) is 1.50. The molecule has 1 aromatic rings. The lowest BCUT2D eigenvalue weighted by atomic mass is 10.1. The highest BCUT2D eigenvalue weighted by Crippen LogP contribution is 2.23. The lowest BCUT2D eigenvalue weighted by Crippen LogP contribution is -2.38. The number of aliphatic hydroxyl groups excluding tert-OH is 1. The number of halogens is 1. The smallest absolute Gasteiger partial charge is 0.231 e. The molecule has 0 radical (unpaired) electrons. The first-order chi connectivity index (χ1) is 6.51. The highest BCUT2D eigenvalue weighted by atomic mass is 79.9. The van der Waals surface area contributed by atoms with Gasteiger partial charge in [-0.25, -0.2) is 4.98 Å². The molecule has 0 aliphatic carbocycles. The Balaban J connectivity index is 3.12. The summed E-state index contributed by atoms with van der Waals surface area (Å²) in [5.41, 5.74) is 4.81. The van der Waals surface area contributed by atoms with Crippen molar-refractivity contribution < 1.29 is 9.84 Å². The molecular weight excluding hydrogens is 250 g/mol. The average Bonchev–Trinajstić information content (AvgIpc) is 2.18. The normalized spacial score (nSPS) is 14.9. The van der Waals surface area contributed by atoms with Gasteiger partial charge in [0.05, 0.1) is 23.7 Å². The Labute approximate surface area is 90.4 Å². The van der Waals surface area contributed by atoms with E-state index in [-0.39, 0.29) is 6.61 Å². The number of methoxy groups -OCH3 is 1. The van der Waals surface area contributed by atoms with Crippen molar-refractivity contribution in [2.75, 3.05) is 13.7 Å². The van der Waals surface area contributed by atoms with Crippen LogP contribution in [0, 0.1) is 0 Å². The third-order valence-electron chi connectivity index (χ3n) is 1.74. The molecule has 5 nitrogen and oxygen atoms in total. The summed E-state index contributed by atoms with van der Waals surface area (Å²) >= 11 is 3.23. The first kappa shape index (κ1) is 11.4. The van der Waals surface area contributed by atoms with Gasteiger partial charge in [0, 0.05) is 6.20 Å². The number of aliphatic hydroxyl groups is 1. The summed E-state index contributed by atoms with van der Waals surface area (Å²) in [5, 5.41) is 9.02. The lowest BCUT2D eigenvalue weighted by molar-refractivity contribution is 0.201. The van der Waals surface area contributed by atoms with Gasteiger partial charge in [-0.2, -0.15) is 4.98 Å². The third-order valence-corrected chi connectivity index (χ3v) is 2.29. The first-order valence-electron chi connectivity index (χ1n) is 3.98. The third kappa shape index (κ3) is 2.20. The molecule has 0 amide bonds. The summed E-state index contributed by atoms with van der Waals surface area (Å²) in [6, 6.07) is 0. The Morgan fingerprint density at radius 3 is 2.86 bits per heavy atom. The maximum atomic E-state index is 9.02. The number of nitrogens with two attached hydrogens (primary N) is 1. The predicted octanol–water partition coefficient (Wildman–Crippen LogP) is 0.414. The van der Waals surface area contributed by atoms with Crippen molar-refractivity contribution in [2.45, 2.75) is 12.5 Å². The van der Waals surface area contributed by atoms with Gasteiger partial charge in [-0.05, 0) is 22.9 Å². The van der Waals surface area contributed by atoms with Gasteiger partial charge in [-0.3, -0.25) is 0 Å². The Bertz CT molecular complexity index is 330. The Kier molecular flexibility index (Phi) is 3.41. The predicted molar refractivity (Wildman–Crippen MR) is 54.9 cm³/mol. The molecule has 1 heterocycles. The van der Waals surface area contributed by atoms with Crippen molar-refractivity contribution in [3.63, 3.8) is 0 Å². The van der Waals surface area contributed by atoms with Crippen LogP contribution in [0.15, 0.2) is 10.7 Å². The van der Waals surface area contributed by atoms with Crippen LogP contribution in [-0.4, -0.2) is 28.8 Å². The van der Waals surface area contributed by atoms with Gasteiger partial charge in [-0.1, -0.05) is 0 Å². The van der Waals surface area contributed by atoms with Crippen LogP contribution in [0.4, 0.5) is 0 Å². The van der Waals surface area contributed by atoms with E-state index in [4.69, 9.17) is 15.6 Å². The van der Waals surface area contributed by atoms with E-state index in [0.717, 1.165) is 0 Å². The fourth-order valence-electron chi connectivity index (χ4n) is 0.841. The van der Waals surface area contributed by atoms with Gasteiger partial charge in [0.1, 0.15) is 0 Å². The summed E-state index contributed by atoms with van der Waals surface area (Å²) in [6.07, 6.45) is 1.54. The van der Waals surface area contributed by atoms with Crippen LogP contribution >= 0.6 is 15.9 Å². The summed E-state index contributed by atoms with van der Waals surface area (Å²) < 4.78 is 5.64. The minimum atomic E-state index is -0.950. The molecule has 0 fully saturated rings. The molecule has 6 heteroatoms. The molecule has 0 saturated heterocycles. The van der Waals surface area contributed by atoms with Crippen LogP contribution in [-0.2, 0) is 5.54 Å². The van der Waals surface area contributed by atoms with Crippen LogP contribution < -0.4 is 10.5 Å². The van der Waals surface area contributed by atoms with E-state index in [0.29, 0.717) is 16.2 Å². The van der Waals surface area contributed by atoms with E-state index >= 15 is 0 Å². The van der Waals surface area contributed by atoms with E-state index in [1.54, 1.807) is 13.1 Å². The fraction of sp³-hybridized carbons (Fsp3) is 0.500. The Morgan fingerprint density at radius 1 is 1.71 bits per heavy atom. The van der Waals surface area contributed by atoms with Crippen molar-refractivity contribution >= 4 is 15.9 Å². The molecule has 3 N–H and O–H groups in total. The van der Waals surface area contributed by atoms with Gasteiger partial charge in [0.2, 0.25) is 5.88 Å². The second kappa shape index (κ2) is 4.20. The summed E-state index contributed by atoms with van der Waals surface area (Å²) in [6.45, 7) is 1.42. The van der Waals surface area contributed by atoms with Crippen molar-refractivity contribution in [1.29, 1.82) is 0 Å². The number of hydrogen-bond donors (Lipinski definition) is 2. The first-order valence-corrected chi connectivity index (χ1v) is 4.77. The molecule has 1 unspecified atom stereocenters. The van der Waals surface area contributed by atoms with E-state index in [2.05, 4.69) is 25.9 Å². The van der Waals surface area contributed by atoms with Crippen molar-refractivity contribution in [1.82, 2.24) is 9.97 Å². The number of rotatable bonds is 3. The van der Waals surface area contributed by atoms with Crippen LogP contribution in [0.5, 0.6) is 5.88 Å². The number of aromatic nitrogens is 2. The number of nitrogens with zero attached hydrogens (tertiary/aromatic N) is 2. The van der Waals surface area contributed by atoms with Gasteiger partial charge < -0.3 is 15.6 Å². The van der Waals surface area contributed by atoms with E-state index < -0.39 is 5.54 Å². The topological polar surface area (TPSA) is 81.3 Å². The van der Waals surface area contributed by atoms with Crippen LogP contribution in [0.25, 0.3) is 0 Å². The second-order valence-electron chi connectivity index (χ2n) is 3.13. The van der Waals surface area contributed by atoms with Crippen molar-refractivity contribution in [2.24, 2.45) is 5.73 Å². The molecule has 0 aliphatic heterocycles. The summed E-state index contributed by atoms with van der Waals surface area (Å²) in [5.74, 6) is 0.750. The molecule has 0 aliphatic rings. The Hall–Kier alpha value is -0.720. The zero-order chi connectivity index (χ0) is 10.8.